The number of nitrogens with one attached hydrogen (secondary N) is 1. The summed E-state index contributed by atoms with van der Waals surface area (Å²) in [5, 5.41) is 7.64. The van der Waals surface area contributed by atoms with E-state index in [0.29, 0.717) is 0 Å². The zero-order chi connectivity index (χ0) is 14.7. The average molecular weight is 292 g/mol. The Morgan fingerprint density at radius 3 is 2.71 bits per heavy atom. The van der Waals surface area contributed by atoms with E-state index in [0.717, 1.165) is 36.5 Å². The van der Waals surface area contributed by atoms with Gasteiger partial charge in [0.25, 0.3) is 0 Å². The highest BCUT2D eigenvalue weighted by atomic mass is 16.5. The van der Waals surface area contributed by atoms with E-state index in [1.807, 2.05) is 0 Å². The first kappa shape index (κ1) is 15.0. The number of aromatic nitrogens is 1. The van der Waals surface area contributed by atoms with Crippen LogP contribution in [0.4, 0.5) is 0 Å². The molecule has 0 bridgehead atoms. The summed E-state index contributed by atoms with van der Waals surface area (Å²) in [6.07, 6.45) is 5.21. The van der Waals surface area contributed by atoms with Gasteiger partial charge in [-0.3, -0.25) is 4.90 Å². The zero-order valence-electron chi connectivity index (χ0n) is 13.3. The van der Waals surface area contributed by atoms with Crippen LogP contribution >= 0.6 is 0 Å². The SMILES string of the molecule is CN(C)CC1CCN(Cc2cc(CNC3CC3)no2)CC1. The van der Waals surface area contributed by atoms with Gasteiger partial charge in [0.15, 0.2) is 5.76 Å². The van der Waals surface area contributed by atoms with Crippen LogP contribution in [0, 0.1) is 5.92 Å². The summed E-state index contributed by atoms with van der Waals surface area (Å²) in [5.74, 6) is 1.86. The smallest absolute Gasteiger partial charge is 0.151 e. The summed E-state index contributed by atoms with van der Waals surface area (Å²) >= 11 is 0. The van der Waals surface area contributed by atoms with Gasteiger partial charge in [-0.05, 0) is 58.8 Å². The van der Waals surface area contributed by atoms with Gasteiger partial charge < -0.3 is 14.7 Å². The van der Waals surface area contributed by atoms with Gasteiger partial charge in [-0.2, -0.15) is 0 Å². The molecule has 0 spiro atoms. The lowest BCUT2D eigenvalue weighted by molar-refractivity contribution is 0.145. The maximum Gasteiger partial charge on any atom is 0.151 e. The van der Waals surface area contributed by atoms with Gasteiger partial charge in [0, 0.05) is 25.2 Å². The largest absolute Gasteiger partial charge is 0.360 e. The molecule has 2 aliphatic rings. The molecule has 3 rings (SSSR count). The molecule has 1 aliphatic carbocycles. The van der Waals surface area contributed by atoms with Crippen molar-refractivity contribution < 1.29 is 4.52 Å². The number of nitrogens with zero attached hydrogens (tertiary/aromatic N) is 3. The topological polar surface area (TPSA) is 44.5 Å². The molecule has 5 heteroatoms. The third-order valence-corrected chi connectivity index (χ3v) is 4.47. The summed E-state index contributed by atoms with van der Waals surface area (Å²) < 4.78 is 5.47. The second kappa shape index (κ2) is 6.90. The maximum absolute atomic E-state index is 5.47. The van der Waals surface area contributed by atoms with Crippen LogP contribution in [0.5, 0.6) is 0 Å². The molecule has 0 atom stereocenters. The molecular weight excluding hydrogens is 264 g/mol. The summed E-state index contributed by atoms with van der Waals surface area (Å²) in [6.45, 7) is 5.32. The number of hydrogen-bond acceptors (Lipinski definition) is 5. The van der Waals surface area contributed by atoms with E-state index in [4.69, 9.17) is 4.52 Å². The normalized spacial score (nSPS) is 21.3. The fourth-order valence-corrected chi connectivity index (χ4v) is 3.11. The average Bonchev–Trinajstić information content (AvgIpc) is 3.18. The molecule has 1 aliphatic heterocycles. The maximum atomic E-state index is 5.47. The third-order valence-electron chi connectivity index (χ3n) is 4.47. The molecular formula is C16H28N4O. The van der Waals surface area contributed by atoms with Gasteiger partial charge in [0.05, 0.1) is 12.2 Å². The second-order valence-corrected chi connectivity index (χ2v) is 6.92. The molecule has 0 radical (unpaired) electrons. The van der Waals surface area contributed by atoms with Crippen molar-refractivity contribution in [2.24, 2.45) is 5.92 Å². The first-order chi connectivity index (χ1) is 10.2. The van der Waals surface area contributed by atoms with Gasteiger partial charge in [0.2, 0.25) is 0 Å². The van der Waals surface area contributed by atoms with E-state index >= 15 is 0 Å². The van der Waals surface area contributed by atoms with Crippen LogP contribution < -0.4 is 5.32 Å². The minimum absolute atomic E-state index is 0.723. The highest BCUT2D eigenvalue weighted by Crippen LogP contribution is 2.21. The first-order valence-corrected chi connectivity index (χ1v) is 8.24. The summed E-state index contributed by atoms with van der Waals surface area (Å²) in [5.41, 5.74) is 1.04. The Bertz CT molecular complexity index is 433. The van der Waals surface area contributed by atoms with Crippen LogP contribution in [0.25, 0.3) is 0 Å². The first-order valence-electron chi connectivity index (χ1n) is 8.24. The highest BCUT2D eigenvalue weighted by molar-refractivity contribution is 5.06. The summed E-state index contributed by atoms with van der Waals surface area (Å²) in [4.78, 5) is 4.79. The Kier molecular flexibility index (Phi) is 4.93. The molecule has 1 saturated heterocycles. The predicted octanol–water partition coefficient (Wildman–Crippen LogP) is 1.70. The number of hydrogen-bond donors (Lipinski definition) is 1. The van der Waals surface area contributed by atoms with E-state index in [1.165, 1.54) is 45.3 Å². The molecule has 118 valence electrons. The lowest BCUT2D eigenvalue weighted by atomic mass is 9.96. The fourth-order valence-electron chi connectivity index (χ4n) is 3.11. The van der Waals surface area contributed by atoms with E-state index < -0.39 is 0 Å². The molecule has 2 heterocycles. The lowest BCUT2D eigenvalue weighted by Gasteiger charge is -2.32. The van der Waals surface area contributed by atoms with Crippen molar-refractivity contribution in [1.29, 1.82) is 0 Å². The third kappa shape index (κ3) is 4.80. The van der Waals surface area contributed by atoms with Crippen LogP contribution in [-0.4, -0.2) is 54.7 Å². The number of likely N-dealkylation sites (tertiary alicyclic amines) is 1. The Hall–Kier alpha value is -0.910. The molecule has 0 amide bonds. The van der Waals surface area contributed by atoms with E-state index in [2.05, 4.69) is 40.4 Å². The lowest BCUT2D eigenvalue weighted by Crippen LogP contribution is -2.36. The van der Waals surface area contributed by atoms with E-state index in [1.54, 1.807) is 0 Å². The molecule has 2 fully saturated rings. The van der Waals surface area contributed by atoms with Gasteiger partial charge in [-0.1, -0.05) is 5.16 Å². The number of rotatable bonds is 7. The molecule has 1 N–H and O–H groups in total. The molecule has 21 heavy (non-hydrogen) atoms. The van der Waals surface area contributed by atoms with Crippen LogP contribution in [-0.2, 0) is 13.1 Å². The van der Waals surface area contributed by atoms with Crippen molar-refractivity contribution in [2.45, 2.75) is 44.8 Å². The standard InChI is InChI=1S/C16H28N4O/c1-19(2)11-13-5-7-20(8-6-13)12-16-9-15(18-21-16)10-17-14-3-4-14/h9,13-14,17H,3-8,10-12H2,1-2H3. The van der Waals surface area contributed by atoms with Crippen molar-refractivity contribution in [3.05, 3.63) is 17.5 Å². The van der Waals surface area contributed by atoms with Crippen molar-refractivity contribution in [3.8, 4) is 0 Å². The van der Waals surface area contributed by atoms with Crippen molar-refractivity contribution in [3.63, 3.8) is 0 Å². The monoisotopic (exact) mass is 292 g/mol. The Balaban J connectivity index is 1.40. The fraction of sp³-hybridized carbons (Fsp3) is 0.812. The van der Waals surface area contributed by atoms with Crippen molar-refractivity contribution in [2.75, 3.05) is 33.7 Å². The second-order valence-electron chi connectivity index (χ2n) is 6.92. The van der Waals surface area contributed by atoms with Gasteiger partial charge in [0.1, 0.15) is 0 Å². The Labute approximate surface area is 127 Å². The van der Waals surface area contributed by atoms with E-state index in [9.17, 15) is 0 Å². The Morgan fingerprint density at radius 1 is 1.29 bits per heavy atom. The minimum Gasteiger partial charge on any atom is -0.360 e. The molecule has 5 nitrogen and oxygen atoms in total. The van der Waals surface area contributed by atoms with E-state index in [-0.39, 0.29) is 0 Å². The number of piperidine rings is 1. The summed E-state index contributed by atoms with van der Waals surface area (Å²) in [6, 6.07) is 2.84. The highest BCUT2D eigenvalue weighted by Gasteiger charge is 2.22. The zero-order valence-corrected chi connectivity index (χ0v) is 13.3. The molecule has 0 aromatic carbocycles. The van der Waals surface area contributed by atoms with Crippen LogP contribution in [0.15, 0.2) is 10.6 Å². The molecule has 0 unspecified atom stereocenters. The molecule has 1 saturated carbocycles. The quantitative estimate of drug-likeness (QED) is 0.829. The van der Waals surface area contributed by atoms with Crippen molar-refractivity contribution >= 4 is 0 Å². The summed E-state index contributed by atoms with van der Waals surface area (Å²) in [7, 11) is 4.33. The van der Waals surface area contributed by atoms with Gasteiger partial charge in [-0.15, -0.1) is 0 Å². The Morgan fingerprint density at radius 2 is 2.05 bits per heavy atom. The van der Waals surface area contributed by atoms with Gasteiger partial charge >= 0.3 is 0 Å². The van der Waals surface area contributed by atoms with Crippen molar-refractivity contribution in [1.82, 2.24) is 20.3 Å². The van der Waals surface area contributed by atoms with Crippen LogP contribution in [0.2, 0.25) is 0 Å². The van der Waals surface area contributed by atoms with Gasteiger partial charge in [-0.25, -0.2) is 0 Å². The molecule has 1 aromatic rings. The van der Waals surface area contributed by atoms with Crippen LogP contribution in [0.3, 0.4) is 0 Å². The predicted molar refractivity (Wildman–Crippen MR) is 82.9 cm³/mol. The van der Waals surface area contributed by atoms with Crippen LogP contribution in [0.1, 0.15) is 37.1 Å². The molecule has 1 aromatic heterocycles. The minimum atomic E-state index is 0.723.